The number of nitrogens with one attached hydrogen (secondary N) is 2. The van der Waals surface area contributed by atoms with Gasteiger partial charge in [0, 0.05) is 44.2 Å². The van der Waals surface area contributed by atoms with E-state index in [2.05, 4.69) is 48.3 Å². The van der Waals surface area contributed by atoms with Crippen molar-refractivity contribution in [2.24, 2.45) is 10.9 Å². The number of amides is 1. The second kappa shape index (κ2) is 12.3. The summed E-state index contributed by atoms with van der Waals surface area (Å²) < 4.78 is 0. The van der Waals surface area contributed by atoms with Gasteiger partial charge < -0.3 is 20.4 Å². The molecule has 1 unspecified atom stereocenters. The van der Waals surface area contributed by atoms with Crippen molar-refractivity contribution in [2.45, 2.75) is 84.2 Å². The average molecular weight is 394 g/mol. The highest BCUT2D eigenvalue weighted by atomic mass is 16.2. The summed E-state index contributed by atoms with van der Waals surface area (Å²) >= 11 is 0. The number of carbonyl (C=O) groups is 1. The van der Waals surface area contributed by atoms with Gasteiger partial charge in [0.25, 0.3) is 0 Å². The van der Waals surface area contributed by atoms with E-state index < -0.39 is 0 Å². The molecule has 0 radical (unpaired) electrons. The Bertz CT molecular complexity index is 487. The molecule has 2 aliphatic rings. The zero-order valence-corrected chi connectivity index (χ0v) is 18.7. The topological polar surface area (TPSA) is 60.0 Å². The van der Waals surface area contributed by atoms with E-state index in [-0.39, 0.29) is 5.92 Å². The number of unbranched alkanes of at least 4 members (excludes halogenated alkanes) is 1. The van der Waals surface area contributed by atoms with Crippen molar-refractivity contribution < 1.29 is 4.79 Å². The molecule has 1 saturated heterocycles. The van der Waals surface area contributed by atoms with Crippen molar-refractivity contribution in [3.05, 3.63) is 0 Å². The maximum absolute atomic E-state index is 12.8. The lowest BCUT2D eigenvalue weighted by molar-refractivity contribution is -0.135. The molecule has 6 nitrogen and oxygen atoms in total. The fraction of sp³-hybridized carbons (Fsp3) is 0.909. The Morgan fingerprint density at radius 1 is 1.18 bits per heavy atom. The molecular formula is C22H43N5O. The molecule has 0 bridgehead atoms. The van der Waals surface area contributed by atoms with Gasteiger partial charge >= 0.3 is 0 Å². The Kier molecular flexibility index (Phi) is 10.1. The van der Waals surface area contributed by atoms with E-state index >= 15 is 0 Å². The van der Waals surface area contributed by atoms with Gasteiger partial charge in [-0.15, -0.1) is 0 Å². The molecule has 0 aromatic heterocycles. The summed E-state index contributed by atoms with van der Waals surface area (Å²) in [6.45, 7) is 11.1. The van der Waals surface area contributed by atoms with Crippen LogP contribution in [-0.2, 0) is 4.79 Å². The fourth-order valence-electron chi connectivity index (χ4n) is 4.12. The van der Waals surface area contributed by atoms with Crippen molar-refractivity contribution >= 4 is 11.9 Å². The van der Waals surface area contributed by atoms with Crippen LogP contribution in [0.2, 0.25) is 0 Å². The van der Waals surface area contributed by atoms with Crippen LogP contribution in [0.25, 0.3) is 0 Å². The smallest absolute Gasteiger partial charge is 0.225 e. The first-order chi connectivity index (χ1) is 13.5. The third-order valence-electron chi connectivity index (χ3n) is 6.21. The first-order valence-electron chi connectivity index (χ1n) is 11.5. The van der Waals surface area contributed by atoms with E-state index in [0.717, 1.165) is 64.4 Å². The third-order valence-corrected chi connectivity index (χ3v) is 6.21. The Balaban J connectivity index is 1.73. The predicted octanol–water partition coefficient (Wildman–Crippen LogP) is 2.84. The first kappa shape index (κ1) is 23.0. The van der Waals surface area contributed by atoms with Crippen LogP contribution in [0.5, 0.6) is 0 Å². The molecule has 2 fully saturated rings. The Hall–Kier alpha value is -1.30. The minimum absolute atomic E-state index is 0.276. The van der Waals surface area contributed by atoms with Crippen LogP contribution in [0.1, 0.15) is 72.1 Å². The van der Waals surface area contributed by atoms with Gasteiger partial charge in [-0.05, 0) is 66.5 Å². The van der Waals surface area contributed by atoms with Crippen molar-refractivity contribution in [3.63, 3.8) is 0 Å². The van der Waals surface area contributed by atoms with E-state index in [1.807, 2.05) is 0 Å². The summed E-state index contributed by atoms with van der Waals surface area (Å²) in [5.74, 6) is 1.57. The number of carbonyl (C=O) groups excluding carboxylic acids is 1. The van der Waals surface area contributed by atoms with Crippen LogP contribution in [0.15, 0.2) is 4.99 Å². The van der Waals surface area contributed by atoms with Gasteiger partial charge in [-0.1, -0.05) is 19.3 Å². The summed E-state index contributed by atoms with van der Waals surface area (Å²) in [4.78, 5) is 22.0. The quantitative estimate of drug-likeness (QED) is 0.359. The lowest BCUT2D eigenvalue weighted by atomic mass is 9.88. The number of hydrogen-bond donors (Lipinski definition) is 2. The Morgan fingerprint density at radius 2 is 1.93 bits per heavy atom. The molecule has 1 amide bonds. The first-order valence-corrected chi connectivity index (χ1v) is 11.5. The van der Waals surface area contributed by atoms with Gasteiger partial charge in [-0.3, -0.25) is 9.79 Å². The molecule has 1 aliphatic carbocycles. The van der Waals surface area contributed by atoms with E-state index in [1.165, 1.54) is 25.7 Å². The minimum Gasteiger partial charge on any atom is -0.357 e. The number of rotatable bonds is 9. The summed E-state index contributed by atoms with van der Waals surface area (Å²) in [6.07, 6.45) is 9.20. The Labute approximate surface area is 172 Å². The van der Waals surface area contributed by atoms with Gasteiger partial charge in [-0.2, -0.15) is 0 Å². The highest BCUT2D eigenvalue weighted by Gasteiger charge is 2.31. The van der Waals surface area contributed by atoms with Crippen LogP contribution in [0.3, 0.4) is 0 Å². The average Bonchev–Trinajstić information content (AvgIpc) is 3.16. The van der Waals surface area contributed by atoms with Crippen LogP contribution in [0.4, 0.5) is 0 Å². The zero-order valence-electron chi connectivity index (χ0n) is 18.7. The normalized spacial score (nSPS) is 21.6. The van der Waals surface area contributed by atoms with Crippen LogP contribution < -0.4 is 10.6 Å². The lowest BCUT2D eigenvalue weighted by Crippen LogP contribution is -2.45. The van der Waals surface area contributed by atoms with Crippen molar-refractivity contribution in [1.29, 1.82) is 0 Å². The van der Waals surface area contributed by atoms with Gasteiger partial charge in [-0.25, -0.2) is 0 Å². The molecule has 1 saturated carbocycles. The van der Waals surface area contributed by atoms with E-state index in [9.17, 15) is 4.79 Å². The van der Waals surface area contributed by atoms with Crippen LogP contribution in [-0.4, -0.2) is 73.5 Å². The summed E-state index contributed by atoms with van der Waals surface area (Å²) in [6, 6.07) is 0.918. The van der Waals surface area contributed by atoms with Gasteiger partial charge in [0.05, 0.1) is 0 Å². The second-order valence-electron chi connectivity index (χ2n) is 8.79. The third kappa shape index (κ3) is 7.61. The number of aliphatic imine (C=N–C) groups is 1. The molecule has 2 rings (SSSR count). The number of guanidine groups is 1. The number of hydrogen-bond acceptors (Lipinski definition) is 3. The van der Waals surface area contributed by atoms with Crippen molar-refractivity contribution in [2.75, 3.05) is 39.8 Å². The zero-order chi connectivity index (χ0) is 20.4. The molecule has 1 heterocycles. The summed E-state index contributed by atoms with van der Waals surface area (Å²) in [5, 5.41) is 6.92. The van der Waals surface area contributed by atoms with Crippen LogP contribution in [0, 0.1) is 5.92 Å². The van der Waals surface area contributed by atoms with E-state index in [1.54, 1.807) is 0 Å². The molecule has 0 spiro atoms. The molecular weight excluding hydrogens is 350 g/mol. The summed E-state index contributed by atoms with van der Waals surface area (Å²) in [5.41, 5.74) is 0. The molecule has 162 valence electrons. The predicted molar refractivity (Wildman–Crippen MR) is 118 cm³/mol. The van der Waals surface area contributed by atoms with Gasteiger partial charge in [0.1, 0.15) is 0 Å². The molecule has 2 N–H and O–H groups in total. The molecule has 0 aromatic carbocycles. The molecule has 6 heteroatoms. The van der Waals surface area contributed by atoms with Crippen molar-refractivity contribution in [1.82, 2.24) is 20.4 Å². The maximum atomic E-state index is 12.8. The summed E-state index contributed by atoms with van der Waals surface area (Å²) in [7, 11) is 2.18. The van der Waals surface area contributed by atoms with Crippen LogP contribution >= 0.6 is 0 Å². The molecule has 1 atom stereocenters. The molecule has 28 heavy (non-hydrogen) atoms. The lowest BCUT2D eigenvalue weighted by Gasteiger charge is -2.26. The maximum Gasteiger partial charge on any atom is 0.225 e. The second-order valence-corrected chi connectivity index (χ2v) is 8.79. The number of nitrogens with zero attached hydrogens (tertiary/aromatic N) is 3. The van der Waals surface area contributed by atoms with E-state index in [4.69, 9.17) is 4.99 Å². The molecule has 1 aliphatic heterocycles. The highest BCUT2D eigenvalue weighted by Crippen LogP contribution is 2.26. The fourth-order valence-corrected chi connectivity index (χ4v) is 4.12. The largest absolute Gasteiger partial charge is 0.357 e. The minimum atomic E-state index is 0.276. The van der Waals surface area contributed by atoms with Crippen molar-refractivity contribution in [3.8, 4) is 0 Å². The standard InChI is InChI=1S/C22H43N5O/c1-5-23-22(24-14-9-10-15-26(4)18(2)3)25-20-13-16-27(17-20)21(28)19-11-7-6-8-12-19/h18-20H,5-17H2,1-4H3,(H2,23,24,25). The highest BCUT2D eigenvalue weighted by molar-refractivity contribution is 5.81. The van der Waals surface area contributed by atoms with E-state index in [0.29, 0.717) is 18.0 Å². The monoisotopic (exact) mass is 393 g/mol. The number of likely N-dealkylation sites (tertiary alicyclic amines) is 1. The van der Waals surface area contributed by atoms with Gasteiger partial charge in [0.2, 0.25) is 5.91 Å². The molecule has 0 aromatic rings. The van der Waals surface area contributed by atoms with Gasteiger partial charge in [0.15, 0.2) is 5.96 Å². The Morgan fingerprint density at radius 3 is 2.61 bits per heavy atom. The SMILES string of the molecule is CCNC(=NCCCCN(C)C(C)C)NC1CCN(C(=O)C2CCCCC2)C1.